The van der Waals surface area contributed by atoms with E-state index in [1.165, 1.54) is 0 Å². The van der Waals surface area contributed by atoms with E-state index in [0.29, 0.717) is 6.04 Å². The summed E-state index contributed by atoms with van der Waals surface area (Å²) in [6, 6.07) is 2.55. The second-order valence-electron chi connectivity index (χ2n) is 4.24. The summed E-state index contributed by atoms with van der Waals surface area (Å²) < 4.78 is 0. The summed E-state index contributed by atoms with van der Waals surface area (Å²) in [6.45, 7) is 4.22. The van der Waals surface area contributed by atoms with Gasteiger partial charge in [-0.3, -0.25) is 4.98 Å². The van der Waals surface area contributed by atoms with Gasteiger partial charge in [0, 0.05) is 42.0 Å². The number of hydrogen-bond acceptors (Lipinski definition) is 4. The second kappa shape index (κ2) is 6.87. The van der Waals surface area contributed by atoms with Crippen molar-refractivity contribution in [3.8, 4) is 0 Å². The van der Waals surface area contributed by atoms with Gasteiger partial charge in [0.25, 0.3) is 0 Å². The number of aliphatic hydroxyl groups is 1. The maximum Gasteiger partial charge on any atom is 0.0717 e. The molecular formula is C13H22N2OS. The van der Waals surface area contributed by atoms with Crippen molar-refractivity contribution >= 4 is 17.4 Å². The van der Waals surface area contributed by atoms with Gasteiger partial charge in [-0.1, -0.05) is 6.92 Å². The van der Waals surface area contributed by atoms with Gasteiger partial charge in [0.05, 0.1) is 6.61 Å². The number of aryl methyl sites for hydroxylation is 1. The second-order valence-corrected chi connectivity index (χ2v) is 5.15. The lowest BCUT2D eigenvalue weighted by Crippen LogP contribution is -2.34. The smallest absolute Gasteiger partial charge is 0.0717 e. The summed E-state index contributed by atoms with van der Waals surface area (Å²) in [5, 5.41) is 9.37. The van der Waals surface area contributed by atoms with Crippen LogP contribution >= 0.6 is 11.8 Å². The summed E-state index contributed by atoms with van der Waals surface area (Å²) >= 11 is 1.86. The molecule has 0 saturated carbocycles. The summed E-state index contributed by atoms with van der Waals surface area (Å²) in [6.07, 6.45) is 5.00. The highest BCUT2D eigenvalue weighted by Crippen LogP contribution is 2.23. The highest BCUT2D eigenvalue weighted by atomic mass is 32.2. The van der Waals surface area contributed by atoms with Gasteiger partial charge in [-0.2, -0.15) is 11.8 Å². The Hall–Kier alpha value is -0.740. The third-order valence-corrected chi connectivity index (χ3v) is 3.75. The molecule has 3 nitrogen and oxygen atoms in total. The first-order chi connectivity index (χ1) is 8.13. The maximum absolute atomic E-state index is 9.37. The number of hydrogen-bond donors (Lipinski definition) is 1. The molecule has 1 N–H and O–H groups in total. The van der Waals surface area contributed by atoms with Crippen molar-refractivity contribution in [1.29, 1.82) is 0 Å². The average molecular weight is 254 g/mol. The van der Waals surface area contributed by atoms with Crippen molar-refractivity contribution < 1.29 is 5.11 Å². The molecule has 0 radical (unpaired) electrons. The van der Waals surface area contributed by atoms with Gasteiger partial charge < -0.3 is 10.0 Å². The molecule has 4 heteroatoms. The van der Waals surface area contributed by atoms with Crippen LogP contribution in [0.25, 0.3) is 0 Å². The third-order valence-electron chi connectivity index (χ3n) is 3.03. The standard InChI is InChI=1S/C13H22N2OS/c1-5-12(9-17-4)15(3)13-6-10(2)14-7-11(13)8-16/h6-7,12,16H,5,8-9H2,1-4H3. The average Bonchev–Trinajstić information content (AvgIpc) is 2.35. The van der Waals surface area contributed by atoms with E-state index in [9.17, 15) is 5.11 Å². The van der Waals surface area contributed by atoms with Crippen LogP contribution in [0.1, 0.15) is 24.6 Å². The molecule has 1 aromatic rings. The molecule has 0 amide bonds. The van der Waals surface area contributed by atoms with Crippen LogP contribution in [0.5, 0.6) is 0 Å². The van der Waals surface area contributed by atoms with Crippen molar-refractivity contribution in [2.24, 2.45) is 0 Å². The molecular weight excluding hydrogens is 232 g/mol. The minimum atomic E-state index is 0.0443. The van der Waals surface area contributed by atoms with E-state index < -0.39 is 0 Å². The monoisotopic (exact) mass is 254 g/mol. The molecule has 1 atom stereocenters. The fourth-order valence-corrected chi connectivity index (χ4v) is 2.76. The molecule has 0 aromatic carbocycles. The number of nitrogens with zero attached hydrogens (tertiary/aromatic N) is 2. The Balaban J connectivity index is 2.99. The SMILES string of the molecule is CCC(CSC)N(C)c1cc(C)ncc1CO. The van der Waals surface area contributed by atoms with E-state index in [2.05, 4.69) is 36.2 Å². The Bertz CT molecular complexity index is 357. The summed E-state index contributed by atoms with van der Waals surface area (Å²) in [5.74, 6) is 1.10. The van der Waals surface area contributed by atoms with Crippen LogP contribution in [0, 0.1) is 6.92 Å². The Morgan fingerprint density at radius 2 is 2.24 bits per heavy atom. The first-order valence-corrected chi connectivity index (χ1v) is 7.31. The molecule has 0 bridgehead atoms. The van der Waals surface area contributed by atoms with E-state index >= 15 is 0 Å². The number of anilines is 1. The number of aliphatic hydroxyl groups excluding tert-OH is 1. The highest BCUT2D eigenvalue weighted by Gasteiger charge is 2.16. The van der Waals surface area contributed by atoms with E-state index in [4.69, 9.17) is 0 Å². The minimum absolute atomic E-state index is 0.0443. The van der Waals surface area contributed by atoms with Crippen LogP contribution in [0.2, 0.25) is 0 Å². The third kappa shape index (κ3) is 3.61. The summed E-state index contributed by atoms with van der Waals surface area (Å²) in [4.78, 5) is 6.49. The van der Waals surface area contributed by atoms with E-state index in [-0.39, 0.29) is 6.61 Å². The number of thioether (sulfide) groups is 1. The molecule has 1 aromatic heterocycles. The lowest BCUT2D eigenvalue weighted by Gasteiger charge is -2.30. The number of pyridine rings is 1. The van der Waals surface area contributed by atoms with Crippen molar-refractivity contribution in [3.63, 3.8) is 0 Å². The molecule has 96 valence electrons. The van der Waals surface area contributed by atoms with Gasteiger partial charge in [-0.15, -0.1) is 0 Å². The predicted octanol–water partition coefficient (Wildman–Crippen LogP) is 2.46. The fraction of sp³-hybridized carbons (Fsp3) is 0.615. The van der Waals surface area contributed by atoms with Crippen molar-refractivity contribution in [1.82, 2.24) is 4.98 Å². The Morgan fingerprint density at radius 3 is 2.76 bits per heavy atom. The molecule has 0 fully saturated rings. The van der Waals surface area contributed by atoms with Gasteiger partial charge in [-0.25, -0.2) is 0 Å². The van der Waals surface area contributed by atoms with Crippen LogP contribution in [0.15, 0.2) is 12.3 Å². The molecule has 0 aliphatic rings. The molecule has 1 rings (SSSR count). The Labute approximate surface area is 108 Å². The normalized spacial score (nSPS) is 12.5. The molecule has 0 saturated heterocycles. The predicted molar refractivity (Wildman–Crippen MR) is 75.8 cm³/mol. The van der Waals surface area contributed by atoms with Crippen LogP contribution in [-0.2, 0) is 6.61 Å². The number of aromatic nitrogens is 1. The zero-order chi connectivity index (χ0) is 12.8. The zero-order valence-corrected chi connectivity index (χ0v) is 11.9. The Morgan fingerprint density at radius 1 is 1.53 bits per heavy atom. The molecule has 1 heterocycles. The van der Waals surface area contributed by atoms with Gasteiger partial charge in [-0.05, 0) is 25.7 Å². The largest absolute Gasteiger partial charge is 0.392 e. The minimum Gasteiger partial charge on any atom is -0.392 e. The fourth-order valence-electron chi connectivity index (χ4n) is 1.92. The topological polar surface area (TPSA) is 36.4 Å². The van der Waals surface area contributed by atoms with Gasteiger partial charge >= 0.3 is 0 Å². The van der Waals surface area contributed by atoms with Crippen LogP contribution in [0.3, 0.4) is 0 Å². The Kier molecular flexibility index (Phi) is 5.78. The van der Waals surface area contributed by atoms with Crippen LogP contribution < -0.4 is 4.90 Å². The number of rotatable bonds is 6. The summed E-state index contributed by atoms with van der Waals surface area (Å²) in [5.41, 5.74) is 2.99. The quantitative estimate of drug-likeness (QED) is 0.846. The molecule has 0 aliphatic heterocycles. The van der Waals surface area contributed by atoms with E-state index in [1.807, 2.05) is 18.7 Å². The lowest BCUT2D eigenvalue weighted by molar-refractivity contribution is 0.281. The van der Waals surface area contributed by atoms with E-state index in [1.54, 1.807) is 6.20 Å². The van der Waals surface area contributed by atoms with Crippen molar-refractivity contribution in [2.45, 2.75) is 32.9 Å². The van der Waals surface area contributed by atoms with Crippen LogP contribution in [-0.4, -0.2) is 35.2 Å². The molecule has 1 unspecified atom stereocenters. The first-order valence-electron chi connectivity index (χ1n) is 5.92. The van der Waals surface area contributed by atoms with Gasteiger partial charge in [0.2, 0.25) is 0 Å². The first kappa shape index (κ1) is 14.3. The van der Waals surface area contributed by atoms with Crippen molar-refractivity contribution in [2.75, 3.05) is 24.0 Å². The van der Waals surface area contributed by atoms with Crippen molar-refractivity contribution in [3.05, 3.63) is 23.5 Å². The molecule has 0 aliphatic carbocycles. The highest BCUT2D eigenvalue weighted by molar-refractivity contribution is 7.98. The molecule has 0 spiro atoms. The maximum atomic E-state index is 9.37. The van der Waals surface area contributed by atoms with E-state index in [0.717, 1.165) is 29.1 Å². The summed E-state index contributed by atoms with van der Waals surface area (Å²) in [7, 11) is 2.10. The lowest BCUT2D eigenvalue weighted by atomic mass is 10.1. The van der Waals surface area contributed by atoms with Crippen LogP contribution in [0.4, 0.5) is 5.69 Å². The zero-order valence-electron chi connectivity index (χ0n) is 11.1. The molecule has 17 heavy (non-hydrogen) atoms. The van der Waals surface area contributed by atoms with Gasteiger partial charge in [0.1, 0.15) is 0 Å². The van der Waals surface area contributed by atoms with Gasteiger partial charge in [0.15, 0.2) is 0 Å².